The van der Waals surface area contributed by atoms with Gasteiger partial charge in [0.15, 0.2) is 0 Å². The second-order valence-corrected chi connectivity index (χ2v) is 7.47. The Labute approximate surface area is 110 Å². The largest absolute Gasteiger partial charge is 0.646 e. The fourth-order valence-electron chi connectivity index (χ4n) is 1.98. The highest BCUT2D eigenvalue weighted by atomic mass is 31.2. The first-order valence-corrected chi connectivity index (χ1v) is 7.85. The smallest absolute Gasteiger partial charge is 0.133 e. The molecule has 2 rings (SSSR count). The number of allylic oxidation sites excluding steroid dienone is 1. The summed E-state index contributed by atoms with van der Waals surface area (Å²) in [6.07, 6.45) is 8.63. The Bertz CT molecular complexity index is 446. The average Bonchev–Trinajstić information content (AvgIpc) is 2.72. The number of hydrogen-bond acceptors (Lipinski definition) is 3. The monoisotopic (exact) mass is 262 g/mol. The summed E-state index contributed by atoms with van der Waals surface area (Å²) in [6, 6.07) is 10.1. The van der Waals surface area contributed by atoms with Gasteiger partial charge in [-0.05, 0) is 11.6 Å². The second kappa shape index (κ2) is 5.66. The Morgan fingerprint density at radius 2 is 2.11 bits per heavy atom. The summed E-state index contributed by atoms with van der Waals surface area (Å²) in [4.78, 5) is 12.6. The van der Waals surface area contributed by atoms with Gasteiger partial charge in [-0.3, -0.25) is 0 Å². The van der Waals surface area contributed by atoms with Crippen molar-refractivity contribution in [3.63, 3.8) is 0 Å². The van der Waals surface area contributed by atoms with Gasteiger partial charge in [0.25, 0.3) is 0 Å². The lowest BCUT2D eigenvalue weighted by atomic mass is 10.2. The molecule has 0 amide bonds. The lowest BCUT2D eigenvalue weighted by molar-refractivity contribution is -0.189. The van der Waals surface area contributed by atoms with E-state index in [4.69, 9.17) is 0 Å². The lowest BCUT2D eigenvalue weighted by Crippen LogP contribution is -2.35. The van der Waals surface area contributed by atoms with Crippen molar-refractivity contribution in [1.82, 2.24) is 9.34 Å². The molecular formula is C14H19N2OP. The predicted octanol–water partition coefficient (Wildman–Crippen LogP) is 2.21. The minimum absolute atomic E-state index is 0.638. The Morgan fingerprint density at radius 1 is 1.39 bits per heavy atom. The Kier molecular flexibility index (Phi) is 4.18. The van der Waals surface area contributed by atoms with Gasteiger partial charge in [0.1, 0.15) is 14.0 Å². The Balaban J connectivity index is 1.93. The number of benzene rings is 1. The first-order valence-electron chi connectivity index (χ1n) is 6.05. The third-order valence-electron chi connectivity index (χ3n) is 3.17. The van der Waals surface area contributed by atoms with Gasteiger partial charge in [0.2, 0.25) is 0 Å². The molecule has 0 N–H and O–H groups in total. The van der Waals surface area contributed by atoms with E-state index in [0.717, 1.165) is 0 Å². The van der Waals surface area contributed by atoms with E-state index in [1.807, 2.05) is 53.9 Å². The molecule has 0 fully saturated rings. The fourth-order valence-corrected chi connectivity index (χ4v) is 4.02. The summed E-state index contributed by atoms with van der Waals surface area (Å²) in [5.41, 5.74) is 1.17. The van der Waals surface area contributed by atoms with Crippen LogP contribution in [-0.2, 0) is 0 Å². The quantitative estimate of drug-likeness (QED) is 0.779. The first kappa shape index (κ1) is 13.3. The second-order valence-electron chi connectivity index (χ2n) is 4.46. The zero-order valence-electron chi connectivity index (χ0n) is 10.9. The number of hydrogen-bond donors (Lipinski definition) is 0. The summed E-state index contributed by atoms with van der Waals surface area (Å²) in [7, 11) is 1.42. The lowest BCUT2D eigenvalue weighted by Gasteiger charge is -2.39. The van der Waals surface area contributed by atoms with Gasteiger partial charge in [-0.25, -0.2) is 4.67 Å². The molecule has 0 bridgehead atoms. The number of rotatable bonds is 4. The molecule has 1 aromatic carbocycles. The Hall–Kier alpha value is -1.15. The zero-order valence-corrected chi connectivity index (χ0v) is 11.8. The normalized spacial score (nSPS) is 23.4. The maximum absolute atomic E-state index is 12.6. The van der Waals surface area contributed by atoms with Crippen molar-refractivity contribution >= 4 is 13.9 Å². The fraction of sp³-hybridized carbons (Fsp3) is 0.286. The van der Waals surface area contributed by atoms with Crippen LogP contribution in [0.2, 0.25) is 0 Å². The minimum atomic E-state index is -2.37. The standard InChI is InChI=1S/C14H19N2OP/c1-15(18(17)13-7-12-16(18)2)11-6-10-14-8-4-3-5-9-14/h3-10,12H,11,13H2,1-2H3/b10-6+. The molecule has 18 heavy (non-hydrogen) atoms. The summed E-state index contributed by atoms with van der Waals surface area (Å²) >= 11 is 0. The van der Waals surface area contributed by atoms with Crippen molar-refractivity contribution in [2.24, 2.45) is 0 Å². The Morgan fingerprint density at radius 3 is 2.72 bits per heavy atom. The van der Waals surface area contributed by atoms with E-state index in [1.165, 1.54) is 5.56 Å². The van der Waals surface area contributed by atoms with E-state index >= 15 is 0 Å². The summed E-state index contributed by atoms with van der Waals surface area (Å²) < 4.78 is 3.77. The van der Waals surface area contributed by atoms with Crippen molar-refractivity contribution in [2.45, 2.75) is 0 Å². The maximum Gasteiger partial charge on any atom is 0.133 e. The van der Waals surface area contributed by atoms with E-state index in [-0.39, 0.29) is 0 Å². The predicted molar refractivity (Wildman–Crippen MR) is 76.8 cm³/mol. The molecular weight excluding hydrogens is 243 g/mol. The summed E-state index contributed by atoms with van der Waals surface area (Å²) in [5, 5.41) is 0. The van der Waals surface area contributed by atoms with Gasteiger partial charge < -0.3 is 4.89 Å². The molecule has 0 radical (unpaired) electrons. The third-order valence-corrected chi connectivity index (χ3v) is 6.21. The summed E-state index contributed by atoms with van der Waals surface area (Å²) in [6.45, 7) is 0.693. The van der Waals surface area contributed by atoms with Gasteiger partial charge in [-0.15, -0.1) is 0 Å². The van der Waals surface area contributed by atoms with Crippen molar-refractivity contribution in [2.75, 3.05) is 26.8 Å². The molecule has 1 aliphatic rings. The van der Waals surface area contributed by atoms with E-state index in [0.29, 0.717) is 12.7 Å². The van der Waals surface area contributed by atoms with Gasteiger partial charge in [-0.1, -0.05) is 42.5 Å². The van der Waals surface area contributed by atoms with Crippen LogP contribution in [-0.4, -0.2) is 36.1 Å². The van der Waals surface area contributed by atoms with Crippen LogP contribution in [0.25, 0.3) is 6.08 Å². The SMILES string of the molecule is CN1C=CC[P+]1([O-])N(C)C/C=C/c1ccccc1. The number of likely N-dealkylation sites (N-methyl/N-ethyl adjacent to an activating group) is 1. The highest BCUT2D eigenvalue weighted by Gasteiger charge is 2.37. The van der Waals surface area contributed by atoms with E-state index in [2.05, 4.69) is 24.3 Å². The van der Waals surface area contributed by atoms with Crippen LogP contribution in [0.1, 0.15) is 5.56 Å². The van der Waals surface area contributed by atoms with E-state index in [1.54, 1.807) is 0 Å². The van der Waals surface area contributed by atoms with Crippen LogP contribution in [0.4, 0.5) is 0 Å². The average molecular weight is 262 g/mol. The molecule has 1 aliphatic heterocycles. The van der Waals surface area contributed by atoms with Gasteiger partial charge in [0, 0.05) is 20.3 Å². The summed E-state index contributed by atoms with van der Waals surface area (Å²) in [5.74, 6) is 0. The molecule has 96 valence electrons. The van der Waals surface area contributed by atoms with Crippen molar-refractivity contribution in [3.05, 3.63) is 54.2 Å². The minimum Gasteiger partial charge on any atom is -0.646 e. The molecule has 0 spiro atoms. The molecule has 1 unspecified atom stereocenters. The number of nitrogens with zero attached hydrogens (tertiary/aromatic N) is 2. The zero-order chi connectivity index (χ0) is 13.0. The highest BCUT2D eigenvalue weighted by molar-refractivity contribution is 7.64. The maximum atomic E-state index is 12.6. The molecule has 0 aromatic heterocycles. The molecule has 0 saturated heterocycles. The van der Waals surface area contributed by atoms with Crippen molar-refractivity contribution in [3.8, 4) is 0 Å². The van der Waals surface area contributed by atoms with Crippen LogP contribution < -0.4 is 4.89 Å². The van der Waals surface area contributed by atoms with Crippen LogP contribution >= 0.6 is 7.79 Å². The molecule has 1 aromatic rings. The molecule has 4 heteroatoms. The van der Waals surface area contributed by atoms with Gasteiger partial charge in [-0.2, -0.15) is 4.67 Å². The van der Waals surface area contributed by atoms with E-state index < -0.39 is 7.79 Å². The van der Waals surface area contributed by atoms with Crippen molar-refractivity contribution < 1.29 is 4.89 Å². The van der Waals surface area contributed by atoms with Crippen molar-refractivity contribution in [1.29, 1.82) is 0 Å². The first-order chi connectivity index (χ1) is 8.63. The van der Waals surface area contributed by atoms with Crippen LogP contribution in [0.5, 0.6) is 0 Å². The molecule has 0 aliphatic carbocycles. The highest BCUT2D eigenvalue weighted by Crippen LogP contribution is 2.58. The van der Waals surface area contributed by atoms with Gasteiger partial charge in [0.05, 0.1) is 6.54 Å². The molecule has 1 atom stereocenters. The van der Waals surface area contributed by atoms with Crippen LogP contribution in [0.15, 0.2) is 48.7 Å². The van der Waals surface area contributed by atoms with Crippen LogP contribution in [0.3, 0.4) is 0 Å². The third kappa shape index (κ3) is 2.81. The van der Waals surface area contributed by atoms with Crippen LogP contribution in [0, 0.1) is 0 Å². The van der Waals surface area contributed by atoms with Gasteiger partial charge >= 0.3 is 0 Å². The molecule has 0 saturated carbocycles. The van der Waals surface area contributed by atoms with E-state index in [9.17, 15) is 4.89 Å². The topological polar surface area (TPSA) is 29.5 Å². The molecule has 3 nitrogen and oxygen atoms in total. The molecule has 1 heterocycles.